The van der Waals surface area contributed by atoms with Crippen LogP contribution in [0.4, 0.5) is 0 Å². The van der Waals surface area contributed by atoms with Gasteiger partial charge in [-0.3, -0.25) is 0 Å². The SMILES string of the molecule is Cc1ccc(-c2nc(C3CNCCO3)n(CCc3ccccc3)n2)o1. The van der Waals surface area contributed by atoms with Gasteiger partial charge in [0.15, 0.2) is 11.6 Å². The molecule has 0 spiro atoms. The van der Waals surface area contributed by atoms with Gasteiger partial charge < -0.3 is 14.5 Å². The van der Waals surface area contributed by atoms with Crippen molar-refractivity contribution in [2.24, 2.45) is 0 Å². The Bertz CT molecular complexity index is 819. The molecule has 2 aromatic heterocycles. The van der Waals surface area contributed by atoms with Crippen LogP contribution < -0.4 is 5.32 Å². The second-order valence-corrected chi connectivity index (χ2v) is 6.23. The molecule has 0 radical (unpaired) electrons. The summed E-state index contributed by atoms with van der Waals surface area (Å²) < 4.78 is 13.5. The van der Waals surface area contributed by atoms with Crippen molar-refractivity contribution >= 4 is 0 Å². The number of ether oxygens (including phenoxy) is 1. The lowest BCUT2D eigenvalue weighted by Crippen LogP contribution is -2.35. The molecule has 1 aromatic carbocycles. The van der Waals surface area contributed by atoms with Crippen molar-refractivity contribution in [2.45, 2.75) is 26.0 Å². The predicted octanol–water partition coefficient (Wildman–Crippen LogP) is 2.75. The molecule has 130 valence electrons. The summed E-state index contributed by atoms with van der Waals surface area (Å²) in [5.41, 5.74) is 1.28. The first-order valence-corrected chi connectivity index (χ1v) is 8.67. The minimum atomic E-state index is -0.0816. The Kier molecular flexibility index (Phi) is 4.63. The molecule has 4 rings (SSSR count). The second-order valence-electron chi connectivity index (χ2n) is 6.23. The van der Waals surface area contributed by atoms with E-state index < -0.39 is 0 Å². The van der Waals surface area contributed by atoms with E-state index in [2.05, 4.69) is 34.7 Å². The van der Waals surface area contributed by atoms with Gasteiger partial charge in [-0.05, 0) is 31.0 Å². The number of rotatable bonds is 5. The smallest absolute Gasteiger partial charge is 0.217 e. The zero-order chi connectivity index (χ0) is 17.1. The molecule has 0 bridgehead atoms. The molecule has 1 unspecified atom stereocenters. The van der Waals surface area contributed by atoms with Crippen LogP contribution in [0.3, 0.4) is 0 Å². The molecule has 1 atom stereocenters. The zero-order valence-electron chi connectivity index (χ0n) is 14.3. The highest BCUT2D eigenvalue weighted by atomic mass is 16.5. The van der Waals surface area contributed by atoms with E-state index in [1.165, 1.54) is 5.56 Å². The minimum Gasteiger partial charge on any atom is -0.458 e. The molecule has 3 heterocycles. The molecule has 1 saturated heterocycles. The summed E-state index contributed by atoms with van der Waals surface area (Å²) in [5.74, 6) is 3.02. The lowest BCUT2D eigenvalue weighted by molar-refractivity contribution is 0.0193. The fourth-order valence-corrected chi connectivity index (χ4v) is 3.03. The van der Waals surface area contributed by atoms with E-state index >= 15 is 0 Å². The van der Waals surface area contributed by atoms with Crippen LogP contribution in [0.1, 0.15) is 23.3 Å². The van der Waals surface area contributed by atoms with Gasteiger partial charge in [-0.2, -0.15) is 0 Å². The number of morpholine rings is 1. The summed E-state index contributed by atoms with van der Waals surface area (Å²) in [6, 6.07) is 14.3. The monoisotopic (exact) mass is 338 g/mol. The van der Waals surface area contributed by atoms with E-state index in [0.29, 0.717) is 18.2 Å². The molecule has 3 aromatic rings. The number of nitrogens with one attached hydrogen (secondary N) is 1. The van der Waals surface area contributed by atoms with Crippen LogP contribution in [0.5, 0.6) is 0 Å². The second kappa shape index (κ2) is 7.21. The first kappa shape index (κ1) is 16.1. The maximum Gasteiger partial charge on any atom is 0.217 e. The van der Waals surface area contributed by atoms with Gasteiger partial charge in [0.25, 0.3) is 0 Å². The maximum absolute atomic E-state index is 5.89. The first-order chi connectivity index (χ1) is 12.3. The van der Waals surface area contributed by atoms with E-state index in [9.17, 15) is 0 Å². The largest absolute Gasteiger partial charge is 0.458 e. The van der Waals surface area contributed by atoms with Gasteiger partial charge in [-0.25, -0.2) is 9.67 Å². The van der Waals surface area contributed by atoms with E-state index in [1.807, 2.05) is 29.8 Å². The normalized spacial score (nSPS) is 17.7. The third kappa shape index (κ3) is 3.65. The lowest BCUT2D eigenvalue weighted by atomic mass is 10.1. The Balaban J connectivity index is 1.61. The average molecular weight is 338 g/mol. The van der Waals surface area contributed by atoms with Crippen molar-refractivity contribution in [1.29, 1.82) is 0 Å². The van der Waals surface area contributed by atoms with Crippen LogP contribution in [-0.4, -0.2) is 34.5 Å². The first-order valence-electron chi connectivity index (χ1n) is 8.67. The maximum atomic E-state index is 5.89. The molecular weight excluding hydrogens is 316 g/mol. The summed E-state index contributed by atoms with van der Waals surface area (Å²) in [5, 5.41) is 8.05. The highest BCUT2D eigenvalue weighted by Gasteiger charge is 2.24. The van der Waals surface area contributed by atoms with E-state index in [1.54, 1.807) is 0 Å². The van der Waals surface area contributed by atoms with Gasteiger partial charge in [-0.15, -0.1) is 5.10 Å². The highest BCUT2D eigenvalue weighted by molar-refractivity contribution is 5.46. The summed E-state index contributed by atoms with van der Waals surface area (Å²) >= 11 is 0. The summed E-state index contributed by atoms with van der Waals surface area (Å²) in [7, 11) is 0. The van der Waals surface area contributed by atoms with E-state index in [-0.39, 0.29) is 6.10 Å². The van der Waals surface area contributed by atoms with Gasteiger partial charge in [0.05, 0.1) is 6.61 Å². The van der Waals surface area contributed by atoms with Gasteiger partial charge in [0.2, 0.25) is 5.82 Å². The number of hydrogen-bond acceptors (Lipinski definition) is 5. The fraction of sp³-hybridized carbons (Fsp3) is 0.368. The molecule has 1 fully saturated rings. The summed E-state index contributed by atoms with van der Waals surface area (Å²) in [4.78, 5) is 4.72. The molecule has 6 heteroatoms. The lowest BCUT2D eigenvalue weighted by Gasteiger charge is -2.23. The fourth-order valence-electron chi connectivity index (χ4n) is 3.03. The van der Waals surface area contributed by atoms with Crippen LogP contribution in [-0.2, 0) is 17.7 Å². The van der Waals surface area contributed by atoms with Crippen molar-refractivity contribution in [2.75, 3.05) is 19.7 Å². The van der Waals surface area contributed by atoms with Crippen LogP contribution in [0.25, 0.3) is 11.6 Å². The molecule has 25 heavy (non-hydrogen) atoms. The van der Waals surface area contributed by atoms with Crippen LogP contribution in [0.15, 0.2) is 46.9 Å². The van der Waals surface area contributed by atoms with Crippen LogP contribution >= 0.6 is 0 Å². The molecule has 0 saturated carbocycles. The molecule has 0 aliphatic carbocycles. The van der Waals surface area contributed by atoms with E-state index in [0.717, 1.165) is 37.6 Å². The topological polar surface area (TPSA) is 65.1 Å². The van der Waals surface area contributed by atoms with Crippen LogP contribution in [0, 0.1) is 6.92 Å². The van der Waals surface area contributed by atoms with Crippen molar-refractivity contribution in [3.05, 3.63) is 59.6 Å². The number of benzene rings is 1. The van der Waals surface area contributed by atoms with Gasteiger partial charge >= 0.3 is 0 Å². The number of nitrogens with zero attached hydrogens (tertiary/aromatic N) is 3. The van der Waals surface area contributed by atoms with E-state index in [4.69, 9.17) is 14.1 Å². The van der Waals surface area contributed by atoms with Crippen molar-refractivity contribution in [3.63, 3.8) is 0 Å². The average Bonchev–Trinajstić information content (AvgIpc) is 3.28. The quantitative estimate of drug-likeness (QED) is 0.775. The Labute approximate surface area is 146 Å². The Morgan fingerprint density at radius 1 is 1.20 bits per heavy atom. The summed E-state index contributed by atoms with van der Waals surface area (Å²) in [6.07, 6.45) is 0.815. The van der Waals surface area contributed by atoms with Crippen molar-refractivity contribution in [3.8, 4) is 11.6 Å². The summed E-state index contributed by atoms with van der Waals surface area (Å²) in [6.45, 7) is 4.99. The number of furan rings is 1. The number of hydrogen-bond donors (Lipinski definition) is 1. The highest BCUT2D eigenvalue weighted by Crippen LogP contribution is 2.23. The van der Waals surface area contributed by atoms with Crippen molar-refractivity contribution in [1.82, 2.24) is 20.1 Å². The number of aryl methyl sites for hydroxylation is 3. The Morgan fingerprint density at radius 2 is 2.08 bits per heavy atom. The molecule has 1 aliphatic heterocycles. The molecule has 1 N–H and O–H groups in total. The van der Waals surface area contributed by atoms with Crippen molar-refractivity contribution < 1.29 is 9.15 Å². The van der Waals surface area contributed by atoms with Crippen LogP contribution in [0.2, 0.25) is 0 Å². The molecule has 1 aliphatic rings. The van der Waals surface area contributed by atoms with Gasteiger partial charge in [0, 0.05) is 19.6 Å². The molecular formula is C19H22N4O2. The third-order valence-corrected chi connectivity index (χ3v) is 4.33. The van der Waals surface area contributed by atoms with Gasteiger partial charge in [-0.1, -0.05) is 30.3 Å². The standard InChI is InChI=1S/C19H22N4O2/c1-14-7-8-16(25-14)18-21-19(17-13-20-10-12-24-17)23(22-18)11-9-15-5-3-2-4-6-15/h2-8,17,20H,9-13H2,1H3. The Hall–Kier alpha value is -2.44. The third-order valence-electron chi connectivity index (χ3n) is 4.33. The zero-order valence-corrected chi connectivity index (χ0v) is 14.3. The minimum absolute atomic E-state index is 0.0816. The van der Waals surface area contributed by atoms with Gasteiger partial charge in [0.1, 0.15) is 11.9 Å². The molecule has 0 amide bonds. The Morgan fingerprint density at radius 3 is 2.80 bits per heavy atom. The molecule has 6 nitrogen and oxygen atoms in total. The number of aromatic nitrogens is 3. The predicted molar refractivity (Wildman–Crippen MR) is 94.2 cm³/mol.